The Morgan fingerprint density at radius 2 is 1.71 bits per heavy atom. The Hall–Kier alpha value is -1.75. The molecule has 0 aliphatic carbocycles. The Balaban J connectivity index is 1.22. The largest absolute Gasteiger partial charge is 0.478 e. The van der Waals surface area contributed by atoms with Crippen LogP contribution in [0.4, 0.5) is 0 Å². The van der Waals surface area contributed by atoms with Gasteiger partial charge in [0.1, 0.15) is 0 Å². The highest BCUT2D eigenvalue weighted by atomic mass is 32.2. The van der Waals surface area contributed by atoms with Gasteiger partial charge in [0.05, 0.1) is 47.8 Å². The van der Waals surface area contributed by atoms with Gasteiger partial charge in [-0.25, -0.2) is 4.98 Å². The molecule has 2 aromatic rings. The second-order valence-electron chi connectivity index (χ2n) is 18.2. The Bertz CT molecular complexity index is 1370. The van der Waals surface area contributed by atoms with Crippen LogP contribution in [0.15, 0.2) is 36.5 Å². The first-order valence-electron chi connectivity index (χ1n) is 19.2. The summed E-state index contributed by atoms with van der Waals surface area (Å²) in [6.07, 6.45) is 13.0. The number of ether oxygens (including phenoxy) is 1. The zero-order chi connectivity index (χ0) is 34.8. The Morgan fingerprint density at radius 1 is 0.918 bits per heavy atom. The highest BCUT2D eigenvalue weighted by Gasteiger charge is 2.46. The topological polar surface area (TPSA) is 86.4 Å². The molecule has 0 radical (unpaired) electrons. The lowest BCUT2D eigenvalue weighted by atomic mass is 9.86. The van der Waals surface area contributed by atoms with Crippen molar-refractivity contribution in [2.24, 2.45) is 17.3 Å². The number of pyridine rings is 2. The first-order valence-corrected chi connectivity index (χ1v) is 20.1. The van der Waals surface area contributed by atoms with E-state index in [1.807, 2.05) is 24.2 Å². The molecule has 6 rings (SSSR count). The van der Waals surface area contributed by atoms with Gasteiger partial charge in [0, 0.05) is 36.8 Å². The van der Waals surface area contributed by atoms with Crippen LogP contribution >= 0.6 is 11.9 Å². The van der Waals surface area contributed by atoms with Gasteiger partial charge in [-0.2, -0.15) is 0 Å². The molecule has 8 atom stereocenters. The van der Waals surface area contributed by atoms with Crippen molar-refractivity contribution in [3.05, 3.63) is 53.5 Å². The first-order chi connectivity index (χ1) is 23.2. The minimum atomic E-state index is 0.0987. The van der Waals surface area contributed by atoms with Gasteiger partial charge in [-0.3, -0.25) is 30.6 Å². The van der Waals surface area contributed by atoms with Crippen LogP contribution in [0.5, 0.6) is 5.88 Å². The molecule has 0 amide bonds. The lowest BCUT2D eigenvalue weighted by molar-refractivity contribution is 0.0223. The third-order valence-corrected chi connectivity index (χ3v) is 12.4. The van der Waals surface area contributed by atoms with E-state index in [-0.39, 0.29) is 34.6 Å². The molecule has 6 heterocycles. The van der Waals surface area contributed by atoms with Crippen molar-refractivity contribution in [3.63, 3.8) is 0 Å². The molecule has 0 aromatic carbocycles. The zero-order valence-corrected chi connectivity index (χ0v) is 32.5. The predicted octanol–water partition coefficient (Wildman–Crippen LogP) is 7.84. The average Bonchev–Trinajstić information content (AvgIpc) is 3.35. The molecular weight excluding hydrogens is 627 g/mol. The summed E-state index contributed by atoms with van der Waals surface area (Å²) in [6.45, 7) is 21.4. The van der Waals surface area contributed by atoms with Gasteiger partial charge in [-0.15, -0.1) is 0 Å². The molecule has 4 bridgehead atoms. The maximum atomic E-state index is 6.15. The van der Waals surface area contributed by atoms with Crippen LogP contribution in [0.3, 0.4) is 0 Å². The summed E-state index contributed by atoms with van der Waals surface area (Å²) in [5.74, 6) is 1.91. The summed E-state index contributed by atoms with van der Waals surface area (Å²) in [5.41, 5.74) is 4.11. The lowest BCUT2D eigenvalue weighted by Gasteiger charge is -2.47. The zero-order valence-electron chi connectivity index (χ0n) is 31.6. The summed E-state index contributed by atoms with van der Waals surface area (Å²) in [6, 6.07) is 11.3. The first kappa shape index (κ1) is 37.0. The minimum Gasteiger partial charge on any atom is -0.478 e. The fourth-order valence-corrected chi connectivity index (χ4v) is 9.49. The van der Waals surface area contributed by atoms with Gasteiger partial charge in [0.25, 0.3) is 0 Å². The maximum absolute atomic E-state index is 6.15. The van der Waals surface area contributed by atoms with Crippen molar-refractivity contribution in [3.8, 4) is 5.88 Å². The van der Waals surface area contributed by atoms with Crippen LogP contribution in [-0.4, -0.2) is 57.8 Å². The smallest absolute Gasteiger partial charge is 0.213 e. The number of nitrogens with zero attached hydrogens (tertiary/aromatic N) is 3. The standard InChI is InChI=1S/C40H65N7OS/c1-38(2,3)20-22-48-35-13-9-11-30(44-35)31-18-16-28-25-42-49-36-14-10-12-34(46-36)43-32(33-23-29(19-21-41-33)39(4,5)6)17-15-27-24-40(7,8)47(26-27)37(28)45-31/h9,11,13,19,21,23,27-28,31-32,34,36-37,42-43,45-46H,10,12,14-18,20,22,24-26H2,1-8H3/t27-,28?,31?,32+,34?,36?,37?/m0/s1. The van der Waals surface area contributed by atoms with E-state index in [4.69, 9.17) is 14.7 Å². The number of nitrogens with one attached hydrogen (secondary N) is 4. The van der Waals surface area contributed by atoms with Crippen LogP contribution in [0, 0.1) is 17.3 Å². The van der Waals surface area contributed by atoms with E-state index in [9.17, 15) is 0 Å². The second kappa shape index (κ2) is 15.5. The normalized spacial score (nSPS) is 32.8. The SMILES string of the molecule is CC(C)(C)CCOc1cccc(C2CCC3CNSC4CCCC(N4)N[C@@H](c4cc(C(C)(C)C)ccn4)CC[C@@H]4CN(C3N2)C(C)(C)C4)n1. The average molecular weight is 692 g/mol. The number of rotatable bonds is 5. The van der Waals surface area contributed by atoms with Gasteiger partial charge in [0.15, 0.2) is 0 Å². The van der Waals surface area contributed by atoms with Gasteiger partial charge in [-0.05, 0) is 112 Å². The number of hydrogen-bond acceptors (Lipinski definition) is 9. The van der Waals surface area contributed by atoms with E-state index < -0.39 is 0 Å². The van der Waals surface area contributed by atoms with Gasteiger partial charge >= 0.3 is 0 Å². The molecule has 49 heavy (non-hydrogen) atoms. The highest BCUT2D eigenvalue weighted by Crippen LogP contribution is 2.42. The lowest BCUT2D eigenvalue weighted by Crippen LogP contribution is -2.60. The molecule has 4 fully saturated rings. The minimum absolute atomic E-state index is 0.0987. The third kappa shape index (κ3) is 9.78. The van der Waals surface area contributed by atoms with E-state index in [1.54, 1.807) is 0 Å². The van der Waals surface area contributed by atoms with Crippen molar-refractivity contribution in [1.82, 2.24) is 35.5 Å². The van der Waals surface area contributed by atoms with Crippen LogP contribution < -0.4 is 25.4 Å². The molecule has 0 spiro atoms. The van der Waals surface area contributed by atoms with E-state index in [0.29, 0.717) is 30.0 Å². The molecular formula is C40H65N7OS. The molecule has 4 saturated heterocycles. The Labute approximate surface area is 301 Å². The Kier molecular flexibility index (Phi) is 11.7. The van der Waals surface area contributed by atoms with Crippen molar-refractivity contribution in [1.29, 1.82) is 0 Å². The van der Waals surface area contributed by atoms with Crippen LogP contribution in [0.1, 0.15) is 142 Å². The fourth-order valence-electron chi connectivity index (χ4n) is 8.47. The second-order valence-corrected chi connectivity index (χ2v) is 19.3. The molecule has 4 aliphatic heterocycles. The predicted molar refractivity (Wildman–Crippen MR) is 203 cm³/mol. The number of fused-ring (bicyclic) bond motifs is 6. The van der Waals surface area contributed by atoms with Crippen molar-refractivity contribution < 1.29 is 4.74 Å². The molecule has 9 heteroatoms. The molecule has 0 saturated carbocycles. The number of aromatic nitrogens is 2. The van der Waals surface area contributed by atoms with Crippen molar-refractivity contribution in [2.45, 2.75) is 154 Å². The monoisotopic (exact) mass is 691 g/mol. The van der Waals surface area contributed by atoms with Gasteiger partial charge in [0.2, 0.25) is 5.88 Å². The van der Waals surface area contributed by atoms with E-state index in [1.165, 1.54) is 43.4 Å². The molecule has 272 valence electrons. The van der Waals surface area contributed by atoms with Gasteiger partial charge in [-0.1, -0.05) is 59.6 Å². The number of hydrogen-bond donors (Lipinski definition) is 4. The van der Waals surface area contributed by atoms with Crippen LogP contribution in [-0.2, 0) is 5.41 Å². The third-order valence-electron chi connectivity index (χ3n) is 11.4. The quantitative estimate of drug-likeness (QED) is 0.234. The van der Waals surface area contributed by atoms with E-state index in [0.717, 1.165) is 50.3 Å². The van der Waals surface area contributed by atoms with E-state index >= 15 is 0 Å². The summed E-state index contributed by atoms with van der Waals surface area (Å²) in [7, 11) is 0. The van der Waals surface area contributed by atoms with Crippen LogP contribution in [0.25, 0.3) is 0 Å². The van der Waals surface area contributed by atoms with Crippen LogP contribution in [0.2, 0.25) is 0 Å². The van der Waals surface area contributed by atoms with E-state index in [2.05, 4.69) is 105 Å². The molecule has 4 aliphatic rings. The summed E-state index contributed by atoms with van der Waals surface area (Å²) in [5, 5.41) is 12.6. The maximum Gasteiger partial charge on any atom is 0.213 e. The van der Waals surface area contributed by atoms with Gasteiger partial charge < -0.3 is 4.74 Å². The highest BCUT2D eigenvalue weighted by molar-refractivity contribution is 7.98. The summed E-state index contributed by atoms with van der Waals surface area (Å²) in [4.78, 5) is 12.8. The molecule has 4 N–H and O–H groups in total. The summed E-state index contributed by atoms with van der Waals surface area (Å²) >= 11 is 1.90. The fraction of sp³-hybridized carbons (Fsp3) is 0.750. The summed E-state index contributed by atoms with van der Waals surface area (Å²) < 4.78 is 10.0. The molecule has 2 aromatic heterocycles. The van der Waals surface area contributed by atoms with Crippen molar-refractivity contribution in [2.75, 3.05) is 19.7 Å². The van der Waals surface area contributed by atoms with Crippen molar-refractivity contribution >= 4 is 11.9 Å². The molecule has 6 unspecified atom stereocenters. The Morgan fingerprint density at radius 3 is 2.51 bits per heavy atom. The molecule has 8 nitrogen and oxygen atoms in total. The number of piperidine rings is 2.